The first-order chi connectivity index (χ1) is 5.95. The number of aryl methyl sites for hydroxylation is 1. The summed E-state index contributed by atoms with van der Waals surface area (Å²) >= 11 is 5.99. The molecule has 3 nitrogen and oxygen atoms in total. The maximum Gasteiger partial charge on any atom is 0.132 e. The number of aliphatic hydroxyl groups excluding tert-OH is 1. The lowest BCUT2D eigenvalue weighted by Crippen LogP contribution is -1.98. The van der Waals surface area contributed by atoms with Crippen LogP contribution >= 0.6 is 11.6 Å². The smallest absolute Gasteiger partial charge is 0.132 e. The lowest BCUT2D eigenvalue weighted by molar-refractivity contribution is 0.198. The molecule has 0 fully saturated rings. The van der Waals surface area contributed by atoms with Crippen LogP contribution in [-0.4, -0.2) is 14.9 Å². The molecule has 0 aliphatic carbocycles. The Morgan fingerprint density at radius 2 is 1.92 bits per heavy atom. The van der Waals surface area contributed by atoms with Gasteiger partial charge in [-0.25, -0.2) is 0 Å². The molecular formula is C9H15ClN2O. The predicted molar refractivity (Wildman–Crippen MR) is 52.9 cm³/mol. The third-order valence-corrected chi connectivity index (χ3v) is 2.45. The highest BCUT2D eigenvalue weighted by atomic mass is 35.5. The summed E-state index contributed by atoms with van der Waals surface area (Å²) in [5, 5.41) is 14.3. The van der Waals surface area contributed by atoms with Gasteiger partial charge in [0.05, 0.1) is 11.8 Å². The lowest BCUT2D eigenvalue weighted by Gasteiger charge is -2.07. The van der Waals surface area contributed by atoms with Gasteiger partial charge in [0.1, 0.15) is 5.15 Å². The van der Waals surface area contributed by atoms with E-state index in [2.05, 4.69) is 5.10 Å². The summed E-state index contributed by atoms with van der Waals surface area (Å²) in [5.41, 5.74) is 1.63. The largest absolute Gasteiger partial charge is 0.389 e. The van der Waals surface area contributed by atoms with E-state index in [0.717, 1.165) is 11.3 Å². The Bertz CT molecular complexity index is 305. The molecule has 0 amide bonds. The van der Waals surface area contributed by atoms with Crippen LogP contribution in [0.2, 0.25) is 5.15 Å². The van der Waals surface area contributed by atoms with Gasteiger partial charge in [0.25, 0.3) is 0 Å². The molecule has 0 spiro atoms. The first kappa shape index (κ1) is 10.5. The van der Waals surface area contributed by atoms with Gasteiger partial charge in [-0.1, -0.05) is 25.4 Å². The quantitative estimate of drug-likeness (QED) is 0.799. The third-order valence-electron chi connectivity index (χ3n) is 2.00. The molecule has 0 aliphatic heterocycles. The summed E-state index contributed by atoms with van der Waals surface area (Å²) in [6.07, 6.45) is -0.557. The van der Waals surface area contributed by atoms with Gasteiger partial charge in [-0.15, -0.1) is 0 Å². The van der Waals surface area contributed by atoms with E-state index in [4.69, 9.17) is 11.6 Å². The summed E-state index contributed by atoms with van der Waals surface area (Å²) in [5.74, 6) is 0.281. The molecular weight excluding hydrogens is 188 g/mol. The maximum absolute atomic E-state index is 9.51. The molecule has 1 heterocycles. The molecule has 13 heavy (non-hydrogen) atoms. The summed E-state index contributed by atoms with van der Waals surface area (Å²) in [7, 11) is 1.78. The van der Waals surface area contributed by atoms with E-state index in [9.17, 15) is 5.11 Å². The fourth-order valence-corrected chi connectivity index (χ4v) is 1.64. The fraction of sp³-hybridized carbons (Fsp3) is 0.667. The fourth-order valence-electron chi connectivity index (χ4n) is 1.35. The molecule has 0 bridgehead atoms. The summed E-state index contributed by atoms with van der Waals surface area (Å²) in [6.45, 7) is 5.77. The van der Waals surface area contributed by atoms with Crippen molar-refractivity contribution in [2.45, 2.75) is 32.8 Å². The van der Waals surface area contributed by atoms with Gasteiger partial charge in [-0.3, -0.25) is 4.68 Å². The van der Waals surface area contributed by atoms with Crippen molar-refractivity contribution in [2.24, 2.45) is 7.05 Å². The Morgan fingerprint density at radius 1 is 1.38 bits per heavy atom. The van der Waals surface area contributed by atoms with Crippen LogP contribution in [0.25, 0.3) is 0 Å². The Kier molecular flexibility index (Phi) is 2.98. The van der Waals surface area contributed by atoms with Crippen LogP contribution in [0.5, 0.6) is 0 Å². The van der Waals surface area contributed by atoms with E-state index in [0.29, 0.717) is 5.15 Å². The molecule has 1 aromatic heterocycles. The van der Waals surface area contributed by atoms with Crippen molar-refractivity contribution in [3.05, 3.63) is 16.4 Å². The van der Waals surface area contributed by atoms with Gasteiger partial charge in [-0.05, 0) is 12.8 Å². The number of rotatable bonds is 2. The lowest BCUT2D eigenvalue weighted by atomic mass is 10.0. The van der Waals surface area contributed by atoms with E-state index < -0.39 is 6.10 Å². The Labute approximate surface area is 83.3 Å². The van der Waals surface area contributed by atoms with Gasteiger partial charge < -0.3 is 5.11 Å². The highest BCUT2D eigenvalue weighted by Crippen LogP contribution is 2.30. The molecule has 0 saturated carbocycles. The van der Waals surface area contributed by atoms with Gasteiger partial charge >= 0.3 is 0 Å². The second kappa shape index (κ2) is 3.68. The molecule has 74 valence electrons. The van der Waals surface area contributed by atoms with Crippen molar-refractivity contribution in [2.75, 3.05) is 0 Å². The average molecular weight is 203 g/mol. The van der Waals surface area contributed by atoms with Gasteiger partial charge in [-0.2, -0.15) is 5.10 Å². The Morgan fingerprint density at radius 3 is 2.23 bits per heavy atom. The van der Waals surface area contributed by atoms with Crippen LogP contribution in [0, 0.1) is 0 Å². The van der Waals surface area contributed by atoms with Crippen molar-refractivity contribution in [3.63, 3.8) is 0 Å². The average Bonchev–Trinajstić information content (AvgIpc) is 2.28. The van der Waals surface area contributed by atoms with Crippen LogP contribution < -0.4 is 0 Å². The second-order valence-corrected chi connectivity index (χ2v) is 3.90. The molecule has 1 unspecified atom stereocenters. The van der Waals surface area contributed by atoms with Crippen LogP contribution in [0.4, 0.5) is 0 Å². The SMILES string of the molecule is CC(C)c1nn(C)c(Cl)c1C(C)O. The summed E-state index contributed by atoms with van der Waals surface area (Å²) in [4.78, 5) is 0. The summed E-state index contributed by atoms with van der Waals surface area (Å²) < 4.78 is 1.60. The third kappa shape index (κ3) is 1.86. The monoisotopic (exact) mass is 202 g/mol. The zero-order chi connectivity index (χ0) is 10.2. The molecule has 4 heteroatoms. The van der Waals surface area contributed by atoms with Gasteiger partial charge in [0.2, 0.25) is 0 Å². The second-order valence-electron chi connectivity index (χ2n) is 3.54. The summed E-state index contributed by atoms with van der Waals surface area (Å²) in [6, 6.07) is 0. The predicted octanol–water partition coefficient (Wildman–Crippen LogP) is 2.25. The van der Waals surface area contributed by atoms with E-state index in [1.165, 1.54) is 0 Å². The Balaban J connectivity index is 3.27. The van der Waals surface area contributed by atoms with Gasteiger partial charge in [0, 0.05) is 12.6 Å². The molecule has 1 rings (SSSR count). The van der Waals surface area contributed by atoms with Crippen molar-refractivity contribution in [1.82, 2.24) is 9.78 Å². The van der Waals surface area contributed by atoms with E-state index in [-0.39, 0.29) is 5.92 Å². The van der Waals surface area contributed by atoms with E-state index >= 15 is 0 Å². The van der Waals surface area contributed by atoms with Crippen molar-refractivity contribution < 1.29 is 5.11 Å². The van der Waals surface area contributed by atoms with Crippen molar-refractivity contribution in [3.8, 4) is 0 Å². The minimum Gasteiger partial charge on any atom is -0.389 e. The first-order valence-electron chi connectivity index (χ1n) is 4.35. The normalized spacial score (nSPS) is 13.8. The minimum absolute atomic E-state index is 0.281. The molecule has 1 atom stereocenters. The highest BCUT2D eigenvalue weighted by Gasteiger charge is 2.20. The zero-order valence-corrected chi connectivity index (χ0v) is 9.13. The topological polar surface area (TPSA) is 38.0 Å². The van der Waals surface area contributed by atoms with E-state index in [1.807, 2.05) is 13.8 Å². The number of hydrogen-bond donors (Lipinski definition) is 1. The highest BCUT2D eigenvalue weighted by molar-refractivity contribution is 6.30. The standard InChI is InChI=1S/C9H15ClN2O/c1-5(2)8-7(6(3)13)9(10)12(4)11-8/h5-6,13H,1-4H3. The number of aliphatic hydroxyl groups is 1. The number of halogens is 1. The Hall–Kier alpha value is -0.540. The first-order valence-corrected chi connectivity index (χ1v) is 4.73. The number of nitrogens with zero attached hydrogens (tertiary/aromatic N) is 2. The van der Waals surface area contributed by atoms with Crippen LogP contribution in [0.1, 0.15) is 44.1 Å². The molecule has 0 aliphatic rings. The molecule has 1 aromatic rings. The van der Waals surface area contributed by atoms with Crippen LogP contribution in [0.3, 0.4) is 0 Å². The minimum atomic E-state index is -0.557. The number of hydrogen-bond acceptors (Lipinski definition) is 2. The van der Waals surface area contributed by atoms with Crippen molar-refractivity contribution >= 4 is 11.6 Å². The van der Waals surface area contributed by atoms with Crippen LogP contribution in [-0.2, 0) is 7.05 Å². The zero-order valence-electron chi connectivity index (χ0n) is 8.37. The van der Waals surface area contributed by atoms with Gasteiger partial charge in [0.15, 0.2) is 0 Å². The van der Waals surface area contributed by atoms with Crippen LogP contribution in [0.15, 0.2) is 0 Å². The molecule has 0 aromatic carbocycles. The number of aromatic nitrogens is 2. The molecule has 0 saturated heterocycles. The maximum atomic E-state index is 9.51. The molecule has 1 N–H and O–H groups in total. The van der Waals surface area contributed by atoms with E-state index in [1.54, 1.807) is 18.7 Å². The molecule has 0 radical (unpaired) electrons. The van der Waals surface area contributed by atoms with Crippen molar-refractivity contribution in [1.29, 1.82) is 0 Å².